The lowest BCUT2D eigenvalue weighted by Crippen LogP contribution is -2.25. The minimum Gasteiger partial charge on any atom is -0.438 e. The monoisotopic (exact) mass is 516 g/mol. The quantitative estimate of drug-likeness (QED) is 0.355. The maximum atomic E-state index is 13.4. The van der Waals surface area contributed by atoms with Gasteiger partial charge in [-0.1, -0.05) is 45.5 Å². The standard InChI is InChI=1S/C24H13BrN4O3S/c25-14-8-10-15(11-9-14)32-21-16(22(30)28-12-4-3-7-20(28)27-21)13-19-23(31)29-18-6-2-1-5-17(18)26-24(29)33-19/h1-13H. The van der Waals surface area contributed by atoms with E-state index in [-0.39, 0.29) is 22.6 Å². The molecule has 0 aliphatic rings. The van der Waals surface area contributed by atoms with Crippen LogP contribution in [0, 0.1) is 0 Å². The Morgan fingerprint density at radius 2 is 1.70 bits per heavy atom. The molecule has 0 radical (unpaired) electrons. The number of rotatable bonds is 3. The Labute approximate surface area is 198 Å². The summed E-state index contributed by atoms with van der Waals surface area (Å²) in [6, 6.07) is 19.9. The molecular formula is C24H13BrN4O3S. The fraction of sp³-hybridized carbons (Fsp3) is 0. The van der Waals surface area contributed by atoms with Gasteiger partial charge in [-0.2, -0.15) is 4.98 Å². The summed E-state index contributed by atoms with van der Waals surface area (Å²) in [6.07, 6.45) is 3.18. The van der Waals surface area contributed by atoms with Gasteiger partial charge in [0.05, 0.1) is 15.6 Å². The van der Waals surface area contributed by atoms with E-state index in [4.69, 9.17) is 4.74 Å². The zero-order valence-electron chi connectivity index (χ0n) is 16.8. The van der Waals surface area contributed by atoms with E-state index in [2.05, 4.69) is 25.9 Å². The molecule has 0 spiro atoms. The van der Waals surface area contributed by atoms with Gasteiger partial charge in [-0.05, 0) is 54.6 Å². The lowest BCUT2D eigenvalue weighted by Gasteiger charge is -2.09. The molecule has 0 saturated carbocycles. The summed E-state index contributed by atoms with van der Waals surface area (Å²) < 4.78 is 10.3. The number of aromatic nitrogens is 4. The smallest absolute Gasteiger partial charge is 0.274 e. The first kappa shape index (κ1) is 19.8. The van der Waals surface area contributed by atoms with Gasteiger partial charge in [0.2, 0.25) is 5.88 Å². The lowest BCUT2D eigenvalue weighted by molar-refractivity contribution is 0.461. The van der Waals surface area contributed by atoms with Gasteiger partial charge in [0.25, 0.3) is 11.1 Å². The molecule has 0 fully saturated rings. The molecule has 9 heteroatoms. The average molecular weight is 517 g/mol. The minimum absolute atomic E-state index is 0.129. The van der Waals surface area contributed by atoms with Crippen molar-refractivity contribution >= 4 is 55.0 Å². The summed E-state index contributed by atoms with van der Waals surface area (Å²) >= 11 is 4.62. The summed E-state index contributed by atoms with van der Waals surface area (Å²) in [5, 5.41) is 0. The molecule has 4 heterocycles. The van der Waals surface area contributed by atoms with Crippen LogP contribution in [-0.2, 0) is 0 Å². The van der Waals surface area contributed by atoms with E-state index in [1.165, 1.54) is 15.7 Å². The van der Waals surface area contributed by atoms with Gasteiger partial charge in [-0.3, -0.25) is 14.0 Å². The Morgan fingerprint density at radius 3 is 2.55 bits per heavy atom. The Balaban J connectivity index is 1.61. The van der Waals surface area contributed by atoms with Gasteiger partial charge in [0.1, 0.15) is 17.0 Å². The molecule has 6 aromatic rings. The zero-order valence-corrected chi connectivity index (χ0v) is 19.2. The van der Waals surface area contributed by atoms with Crippen molar-refractivity contribution in [2.45, 2.75) is 0 Å². The van der Waals surface area contributed by atoms with Gasteiger partial charge < -0.3 is 4.74 Å². The summed E-state index contributed by atoms with van der Waals surface area (Å²) in [5.74, 6) is 0.651. The molecular weight excluding hydrogens is 504 g/mol. The second kappa shape index (κ2) is 7.65. The number of hydrogen-bond donors (Lipinski definition) is 0. The van der Waals surface area contributed by atoms with Crippen LogP contribution < -0.4 is 20.4 Å². The Morgan fingerprint density at radius 1 is 0.909 bits per heavy atom. The highest BCUT2D eigenvalue weighted by atomic mass is 79.9. The number of thiazole rings is 1. The van der Waals surface area contributed by atoms with Crippen LogP contribution in [0.2, 0.25) is 0 Å². The van der Waals surface area contributed by atoms with Crippen LogP contribution in [0.5, 0.6) is 11.6 Å². The number of pyridine rings is 1. The number of nitrogens with zero attached hydrogens (tertiary/aromatic N) is 4. The summed E-state index contributed by atoms with van der Waals surface area (Å²) in [7, 11) is 0. The minimum atomic E-state index is -0.331. The van der Waals surface area contributed by atoms with E-state index >= 15 is 0 Å². The van der Waals surface area contributed by atoms with E-state index in [1.807, 2.05) is 36.4 Å². The molecule has 4 aromatic heterocycles. The first-order valence-electron chi connectivity index (χ1n) is 9.95. The Kier molecular flexibility index (Phi) is 4.60. The van der Waals surface area contributed by atoms with Gasteiger partial charge in [-0.15, -0.1) is 0 Å². The Bertz CT molecular complexity index is 1860. The topological polar surface area (TPSA) is 78.0 Å². The molecule has 0 aliphatic heterocycles. The molecule has 160 valence electrons. The van der Waals surface area contributed by atoms with Crippen LogP contribution in [0.1, 0.15) is 5.56 Å². The van der Waals surface area contributed by atoms with Crippen molar-refractivity contribution in [1.82, 2.24) is 18.8 Å². The first-order valence-corrected chi connectivity index (χ1v) is 11.6. The number of hydrogen-bond acceptors (Lipinski definition) is 6. The number of fused-ring (bicyclic) bond motifs is 4. The number of benzene rings is 2. The van der Waals surface area contributed by atoms with Crippen molar-refractivity contribution in [3.63, 3.8) is 0 Å². The van der Waals surface area contributed by atoms with Crippen molar-refractivity contribution in [1.29, 1.82) is 0 Å². The SMILES string of the molecule is O=c1c(C=c2sc3nc4ccccc4n3c2=O)c(Oc2ccc(Br)cc2)nc2ccccn12. The Hall–Kier alpha value is -3.82. The van der Waals surface area contributed by atoms with Crippen molar-refractivity contribution in [2.24, 2.45) is 0 Å². The molecule has 0 aliphatic carbocycles. The van der Waals surface area contributed by atoms with Crippen LogP contribution in [0.3, 0.4) is 0 Å². The van der Waals surface area contributed by atoms with Gasteiger partial charge >= 0.3 is 0 Å². The van der Waals surface area contributed by atoms with Crippen LogP contribution in [0.15, 0.2) is 87.0 Å². The van der Waals surface area contributed by atoms with E-state index in [0.29, 0.717) is 20.9 Å². The predicted molar refractivity (Wildman–Crippen MR) is 131 cm³/mol. The lowest BCUT2D eigenvalue weighted by atomic mass is 10.2. The van der Waals surface area contributed by atoms with Gasteiger partial charge in [-0.25, -0.2) is 9.38 Å². The summed E-state index contributed by atoms with van der Waals surface area (Å²) in [6.45, 7) is 0. The highest BCUT2D eigenvalue weighted by Crippen LogP contribution is 2.24. The average Bonchev–Trinajstić information content (AvgIpc) is 3.34. The van der Waals surface area contributed by atoms with Crippen molar-refractivity contribution in [3.8, 4) is 11.6 Å². The van der Waals surface area contributed by atoms with Crippen LogP contribution >= 0.6 is 27.3 Å². The molecule has 0 N–H and O–H groups in total. The second-order valence-corrected chi connectivity index (χ2v) is 9.18. The van der Waals surface area contributed by atoms with Gasteiger partial charge in [0, 0.05) is 10.7 Å². The van der Waals surface area contributed by atoms with Crippen molar-refractivity contribution < 1.29 is 4.74 Å². The highest BCUT2D eigenvalue weighted by molar-refractivity contribution is 9.10. The second-order valence-electron chi connectivity index (χ2n) is 7.25. The highest BCUT2D eigenvalue weighted by Gasteiger charge is 2.16. The first-order chi connectivity index (χ1) is 16.1. The molecule has 6 rings (SSSR count). The van der Waals surface area contributed by atoms with E-state index < -0.39 is 0 Å². The fourth-order valence-corrected chi connectivity index (χ4v) is 4.87. The van der Waals surface area contributed by atoms with E-state index in [1.54, 1.807) is 47.0 Å². The summed E-state index contributed by atoms with van der Waals surface area (Å²) in [5.41, 5.74) is 1.54. The van der Waals surface area contributed by atoms with Crippen molar-refractivity contribution in [2.75, 3.05) is 0 Å². The third-order valence-corrected chi connectivity index (χ3v) is 6.68. The van der Waals surface area contributed by atoms with Crippen molar-refractivity contribution in [3.05, 3.63) is 108 Å². The molecule has 0 amide bonds. The molecule has 33 heavy (non-hydrogen) atoms. The van der Waals surface area contributed by atoms with Crippen LogP contribution in [0.25, 0.3) is 27.7 Å². The number of halogens is 1. The molecule has 0 atom stereocenters. The predicted octanol–water partition coefficient (Wildman–Crippen LogP) is 4.02. The van der Waals surface area contributed by atoms with Gasteiger partial charge in [0.15, 0.2) is 4.96 Å². The number of ether oxygens (including phenoxy) is 1. The maximum Gasteiger partial charge on any atom is 0.274 e. The zero-order chi connectivity index (χ0) is 22.5. The fourth-order valence-electron chi connectivity index (χ4n) is 3.64. The third-order valence-electron chi connectivity index (χ3n) is 5.18. The van der Waals surface area contributed by atoms with Crippen LogP contribution in [-0.4, -0.2) is 18.8 Å². The van der Waals surface area contributed by atoms with E-state index in [9.17, 15) is 9.59 Å². The largest absolute Gasteiger partial charge is 0.438 e. The summed E-state index contributed by atoms with van der Waals surface area (Å²) in [4.78, 5) is 36.2. The molecule has 2 aromatic carbocycles. The molecule has 0 bridgehead atoms. The molecule has 0 unspecified atom stereocenters. The number of para-hydroxylation sites is 2. The third kappa shape index (κ3) is 3.33. The molecule has 7 nitrogen and oxygen atoms in total. The van der Waals surface area contributed by atoms with Crippen LogP contribution in [0.4, 0.5) is 0 Å². The maximum absolute atomic E-state index is 13.4. The number of imidazole rings is 1. The normalized spacial score (nSPS) is 12.2. The molecule has 0 saturated heterocycles. The van der Waals surface area contributed by atoms with E-state index in [0.717, 1.165) is 15.5 Å².